The summed E-state index contributed by atoms with van der Waals surface area (Å²) in [6, 6.07) is 2.80. The highest BCUT2D eigenvalue weighted by Gasteiger charge is 2.12. The topological polar surface area (TPSA) is 41.5 Å². The van der Waals surface area contributed by atoms with E-state index in [2.05, 4.69) is 5.32 Å². The molecule has 0 heterocycles. The number of hydrogen-bond acceptors (Lipinski definition) is 3. The minimum Gasteiger partial charge on any atom is -0.508 e. The summed E-state index contributed by atoms with van der Waals surface area (Å²) in [5, 5.41) is 12.1. The molecule has 0 saturated heterocycles. The number of phenolic OH excluding ortho intramolecular Hbond substituents is 1. The van der Waals surface area contributed by atoms with Crippen molar-refractivity contribution in [2.75, 3.05) is 14.2 Å². The van der Waals surface area contributed by atoms with E-state index in [0.29, 0.717) is 0 Å². The Balaban J connectivity index is 3.13. The van der Waals surface area contributed by atoms with Crippen LogP contribution in [0.15, 0.2) is 12.1 Å². The maximum atomic E-state index is 13.4. The molecule has 0 aliphatic rings. The molecule has 0 bridgehead atoms. The molecular formula is C9H12FNO2. The molecule has 0 unspecified atom stereocenters. The fraction of sp³-hybridized carbons (Fsp3) is 0.333. The Kier molecular flexibility index (Phi) is 3.08. The number of ether oxygens (including phenoxy) is 1. The first-order valence-corrected chi connectivity index (χ1v) is 3.89. The van der Waals surface area contributed by atoms with Gasteiger partial charge in [-0.2, -0.15) is 0 Å². The van der Waals surface area contributed by atoms with E-state index < -0.39 is 5.82 Å². The minimum absolute atomic E-state index is 0.0624. The Morgan fingerprint density at radius 1 is 1.54 bits per heavy atom. The van der Waals surface area contributed by atoms with Gasteiger partial charge in [0, 0.05) is 12.1 Å². The van der Waals surface area contributed by atoms with Crippen molar-refractivity contribution in [2.24, 2.45) is 0 Å². The lowest BCUT2D eigenvalue weighted by molar-refractivity contribution is 0.377. The van der Waals surface area contributed by atoms with Gasteiger partial charge in [-0.25, -0.2) is 4.39 Å². The second-order valence-electron chi connectivity index (χ2n) is 2.61. The van der Waals surface area contributed by atoms with Gasteiger partial charge in [0.25, 0.3) is 0 Å². The van der Waals surface area contributed by atoms with Gasteiger partial charge in [0.05, 0.1) is 7.11 Å². The van der Waals surface area contributed by atoms with E-state index in [1.54, 1.807) is 7.05 Å². The maximum Gasteiger partial charge on any atom is 0.173 e. The number of rotatable bonds is 3. The van der Waals surface area contributed by atoms with Gasteiger partial charge in [0.15, 0.2) is 11.6 Å². The average Bonchev–Trinajstić information content (AvgIpc) is 2.12. The van der Waals surface area contributed by atoms with E-state index in [-0.39, 0.29) is 23.6 Å². The molecule has 2 N–H and O–H groups in total. The Hall–Kier alpha value is -1.29. The molecule has 0 aliphatic carbocycles. The molecule has 0 spiro atoms. The van der Waals surface area contributed by atoms with Crippen molar-refractivity contribution in [2.45, 2.75) is 6.54 Å². The number of halogens is 1. The average molecular weight is 185 g/mol. The van der Waals surface area contributed by atoms with Gasteiger partial charge < -0.3 is 15.2 Å². The highest BCUT2D eigenvalue weighted by atomic mass is 19.1. The molecule has 1 aromatic carbocycles. The smallest absolute Gasteiger partial charge is 0.173 e. The van der Waals surface area contributed by atoms with Gasteiger partial charge in [-0.3, -0.25) is 0 Å². The van der Waals surface area contributed by atoms with E-state index in [1.807, 2.05) is 0 Å². The summed E-state index contributed by atoms with van der Waals surface area (Å²) in [4.78, 5) is 0. The molecule has 0 aromatic heterocycles. The molecule has 4 heteroatoms. The number of aromatic hydroxyl groups is 1. The summed E-state index contributed by atoms with van der Waals surface area (Å²) in [5.74, 6) is -0.437. The van der Waals surface area contributed by atoms with E-state index in [4.69, 9.17) is 4.74 Å². The van der Waals surface area contributed by atoms with Gasteiger partial charge in [-0.1, -0.05) is 0 Å². The Morgan fingerprint density at radius 2 is 2.23 bits per heavy atom. The number of nitrogens with one attached hydrogen (secondary N) is 1. The second-order valence-corrected chi connectivity index (χ2v) is 2.61. The van der Waals surface area contributed by atoms with Crippen molar-refractivity contribution >= 4 is 0 Å². The van der Waals surface area contributed by atoms with Gasteiger partial charge in [0.1, 0.15) is 5.75 Å². The highest BCUT2D eigenvalue weighted by molar-refractivity contribution is 5.41. The van der Waals surface area contributed by atoms with Crippen LogP contribution in [-0.2, 0) is 6.54 Å². The van der Waals surface area contributed by atoms with E-state index in [9.17, 15) is 9.50 Å². The third-order valence-corrected chi connectivity index (χ3v) is 1.76. The van der Waals surface area contributed by atoms with E-state index in [0.717, 1.165) is 0 Å². The molecule has 1 rings (SSSR count). The fourth-order valence-electron chi connectivity index (χ4n) is 1.09. The van der Waals surface area contributed by atoms with Crippen molar-refractivity contribution in [3.8, 4) is 11.5 Å². The molecule has 0 fully saturated rings. The largest absolute Gasteiger partial charge is 0.508 e. The predicted octanol–water partition coefficient (Wildman–Crippen LogP) is 1.26. The summed E-state index contributed by atoms with van der Waals surface area (Å²) in [5.41, 5.74) is 0.224. The van der Waals surface area contributed by atoms with Crippen LogP contribution in [0.2, 0.25) is 0 Å². The van der Waals surface area contributed by atoms with Crippen LogP contribution in [0.1, 0.15) is 5.56 Å². The molecule has 3 nitrogen and oxygen atoms in total. The minimum atomic E-state index is -0.517. The number of benzene rings is 1. The first kappa shape index (κ1) is 9.80. The summed E-state index contributed by atoms with van der Waals surface area (Å²) in [6.07, 6.45) is 0. The van der Waals surface area contributed by atoms with Crippen LogP contribution in [0.4, 0.5) is 4.39 Å². The SMILES string of the molecule is CNCc1c(O)ccc(OC)c1F. The summed E-state index contributed by atoms with van der Waals surface area (Å²) < 4.78 is 18.2. The standard InChI is InChI=1S/C9H12FNO2/c1-11-5-6-7(12)3-4-8(13-2)9(6)10/h3-4,11-12H,5H2,1-2H3. The monoisotopic (exact) mass is 185 g/mol. The van der Waals surface area contributed by atoms with Crippen molar-refractivity contribution in [3.05, 3.63) is 23.5 Å². The van der Waals surface area contributed by atoms with Gasteiger partial charge in [0.2, 0.25) is 0 Å². The molecule has 0 amide bonds. The lowest BCUT2D eigenvalue weighted by atomic mass is 10.1. The van der Waals surface area contributed by atoms with Gasteiger partial charge in [-0.05, 0) is 19.2 Å². The maximum absolute atomic E-state index is 13.4. The number of hydrogen-bond donors (Lipinski definition) is 2. The Morgan fingerprint density at radius 3 is 2.77 bits per heavy atom. The zero-order valence-corrected chi connectivity index (χ0v) is 7.60. The van der Waals surface area contributed by atoms with Crippen molar-refractivity contribution in [3.63, 3.8) is 0 Å². The molecule has 0 atom stereocenters. The summed E-state index contributed by atoms with van der Waals surface area (Å²) in [6.45, 7) is 0.273. The van der Waals surface area contributed by atoms with Crippen LogP contribution in [0.25, 0.3) is 0 Å². The summed E-state index contributed by atoms with van der Waals surface area (Å²) >= 11 is 0. The molecule has 13 heavy (non-hydrogen) atoms. The van der Waals surface area contributed by atoms with E-state index >= 15 is 0 Å². The molecule has 0 radical (unpaired) electrons. The Bertz CT molecular complexity index is 302. The van der Waals surface area contributed by atoms with Crippen molar-refractivity contribution in [1.29, 1.82) is 0 Å². The Labute approximate surface area is 76.1 Å². The third kappa shape index (κ3) is 1.89. The van der Waals surface area contributed by atoms with Gasteiger partial charge in [-0.15, -0.1) is 0 Å². The molecule has 0 saturated carbocycles. The first-order chi connectivity index (χ1) is 6.20. The lowest BCUT2D eigenvalue weighted by Gasteiger charge is -2.08. The predicted molar refractivity (Wildman–Crippen MR) is 47.4 cm³/mol. The van der Waals surface area contributed by atoms with Crippen LogP contribution >= 0.6 is 0 Å². The molecular weight excluding hydrogens is 173 g/mol. The second kappa shape index (κ2) is 4.09. The molecule has 1 aromatic rings. The van der Waals surface area contributed by atoms with Crippen LogP contribution in [0.3, 0.4) is 0 Å². The van der Waals surface area contributed by atoms with Crippen molar-refractivity contribution < 1.29 is 14.2 Å². The molecule has 0 aliphatic heterocycles. The lowest BCUT2D eigenvalue weighted by Crippen LogP contribution is -2.08. The van der Waals surface area contributed by atoms with Crippen LogP contribution < -0.4 is 10.1 Å². The number of methoxy groups -OCH3 is 1. The summed E-state index contributed by atoms with van der Waals surface area (Å²) in [7, 11) is 3.07. The van der Waals surface area contributed by atoms with Gasteiger partial charge >= 0.3 is 0 Å². The quantitative estimate of drug-likeness (QED) is 0.744. The third-order valence-electron chi connectivity index (χ3n) is 1.76. The fourth-order valence-corrected chi connectivity index (χ4v) is 1.09. The molecule has 72 valence electrons. The van der Waals surface area contributed by atoms with Crippen LogP contribution in [-0.4, -0.2) is 19.3 Å². The van der Waals surface area contributed by atoms with Crippen LogP contribution in [0, 0.1) is 5.82 Å². The first-order valence-electron chi connectivity index (χ1n) is 3.89. The zero-order chi connectivity index (χ0) is 9.84. The normalized spacial score (nSPS) is 10.1. The highest BCUT2D eigenvalue weighted by Crippen LogP contribution is 2.27. The zero-order valence-electron chi connectivity index (χ0n) is 7.60. The number of phenols is 1. The van der Waals surface area contributed by atoms with E-state index in [1.165, 1.54) is 19.2 Å². The van der Waals surface area contributed by atoms with Crippen LogP contribution in [0.5, 0.6) is 11.5 Å². The van der Waals surface area contributed by atoms with Crippen molar-refractivity contribution in [1.82, 2.24) is 5.32 Å².